The van der Waals surface area contributed by atoms with Crippen molar-refractivity contribution in [2.45, 2.75) is 44.8 Å². The second-order valence-electron chi connectivity index (χ2n) is 5.80. The number of rotatable bonds is 5. The molecule has 1 saturated carbocycles. The standard InChI is InChI=1S/C15H22N4O2S/c1-18-14-12(19(15(18)20)10-21-7-8-22)9-16-13(17-14)11-5-3-2-4-6-11/h9,11,22H,2-8,10H2,1H3. The van der Waals surface area contributed by atoms with Gasteiger partial charge in [0.1, 0.15) is 18.1 Å². The summed E-state index contributed by atoms with van der Waals surface area (Å²) >= 11 is 4.10. The zero-order chi connectivity index (χ0) is 15.5. The highest BCUT2D eigenvalue weighted by molar-refractivity contribution is 7.80. The summed E-state index contributed by atoms with van der Waals surface area (Å²) in [6.45, 7) is 0.718. The van der Waals surface area contributed by atoms with Crippen LogP contribution in [0.1, 0.15) is 43.8 Å². The van der Waals surface area contributed by atoms with Gasteiger partial charge < -0.3 is 4.74 Å². The van der Waals surface area contributed by atoms with Crippen LogP contribution in [0.2, 0.25) is 0 Å². The minimum atomic E-state index is -0.121. The Morgan fingerprint density at radius 2 is 2.14 bits per heavy atom. The van der Waals surface area contributed by atoms with Crippen LogP contribution in [-0.2, 0) is 18.5 Å². The first-order chi connectivity index (χ1) is 10.7. The molecule has 0 saturated heterocycles. The molecule has 2 heterocycles. The van der Waals surface area contributed by atoms with Crippen molar-refractivity contribution in [1.82, 2.24) is 19.1 Å². The molecular weight excluding hydrogens is 300 g/mol. The fourth-order valence-electron chi connectivity index (χ4n) is 3.09. The molecule has 1 aliphatic rings. The van der Waals surface area contributed by atoms with Crippen molar-refractivity contribution in [3.8, 4) is 0 Å². The quantitative estimate of drug-likeness (QED) is 0.676. The number of ether oxygens (including phenoxy) is 1. The first kappa shape index (κ1) is 15.6. The molecule has 22 heavy (non-hydrogen) atoms. The molecule has 0 atom stereocenters. The number of fused-ring (bicyclic) bond motifs is 1. The molecule has 6 nitrogen and oxygen atoms in total. The third-order valence-corrected chi connectivity index (χ3v) is 4.50. The predicted molar refractivity (Wildman–Crippen MR) is 88.4 cm³/mol. The van der Waals surface area contributed by atoms with Gasteiger partial charge in [0, 0.05) is 18.7 Å². The van der Waals surface area contributed by atoms with Crippen LogP contribution < -0.4 is 5.69 Å². The lowest BCUT2D eigenvalue weighted by Crippen LogP contribution is -2.23. The third kappa shape index (κ3) is 2.92. The first-order valence-electron chi connectivity index (χ1n) is 7.83. The average molecular weight is 322 g/mol. The Morgan fingerprint density at radius 3 is 2.86 bits per heavy atom. The van der Waals surface area contributed by atoms with Crippen molar-refractivity contribution in [3.05, 3.63) is 22.5 Å². The highest BCUT2D eigenvalue weighted by atomic mass is 32.1. The van der Waals surface area contributed by atoms with E-state index in [0.29, 0.717) is 23.9 Å². The van der Waals surface area contributed by atoms with Crippen LogP contribution in [0.15, 0.2) is 11.0 Å². The molecule has 0 N–H and O–H groups in total. The van der Waals surface area contributed by atoms with Gasteiger partial charge in [0.05, 0.1) is 12.8 Å². The second-order valence-corrected chi connectivity index (χ2v) is 6.25. The summed E-state index contributed by atoms with van der Waals surface area (Å²) in [5.41, 5.74) is 1.30. The van der Waals surface area contributed by atoms with Crippen LogP contribution in [0.4, 0.5) is 0 Å². The summed E-state index contributed by atoms with van der Waals surface area (Å²) in [7, 11) is 1.75. The fourth-order valence-corrected chi connectivity index (χ4v) is 3.22. The fraction of sp³-hybridized carbons (Fsp3) is 0.667. The van der Waals surface area contributed by atoms with E-state index < -0.39 is 0 Å². The van der Waals surface area contributed by atoms with E-state index in [1.807, 2.05) is 0 Å². The van der Waals surface area contributed by atoms with Crippen molar-refractivity contribution in [2.75, 3.05) is 12.4 Å². The van der Waals surface area contributed by atoms with Crippen molar-refractivity contribution in [1.29, 1.82) is 0 Å². The minimum Gasteiger partial charge on any atom is -0.360 e. The van der Waals surface area contributed by atoms with Gasteiger partial charge in [-0.25, -0.2) is 14.8 Å². The van der Waals surface area contributed by atoms with E-state index in [4.69, 9.17) is 4.74 Å². The molecule has 0 aromatic carbocycles. The molecule has 120 valence electrons. The summed E-state index contributed by atoms with van der Waals surface area (Å²) in [4.78, 5) is 21.5. The second kappa shape index (κ2) is 6.83. The smallest absolute Gasteiger partial charge is 0.332 e. The minimum absolute atomic E-state index is 0.121. The Hall–Kier alpha value is -1.34. The largest absolute Gasteiger partial charge is 0.360 e. The van der Waals surface area contributed by atoms with E-state index in [1.54, 1.807) is 22.4 Å². The molecule has 3 rings (SSSR count). The van der Waals surface area contributed by atoms with Gasteiger partial charge in [0.25, 0.3) is 0 Å². The van der Waals surface area contributed by atoms with Gasteiger partial charge in [-0.05, 0) is 12.8 Å². The van der Waals surface area contributed by atoms with Gasteiger partial charge in [-0.1, -0.05) is 19.3 Å². The van der Waals surface area contributed by atoms with Crippen molar-refractivity contribution in [2.24, 2.45) is 7.05 Å². The van der Waals surface area contributed by atoms with Gasteiger partial charge in [-0.15, -0.1) is 0 Å². The number of thiol groups is 1. The summed E-state index contributed by atoms with van der Waals surface area (Å²) in [5.74, 6) is 1.93. The highest BCUT2D eigenvalue weighted by Gasteiger charge is 2.20. The normalized spacial score (nSPS) is 16.5. The lowest BCUT2D eigenvalue weighted by atomic mass is 9.89. The number of aromatic nitrogens is 4. The molecule has 7 heteroatoms. The van der Waals surface area contributed by atoms with Gasteiger partial charge in [-0.3, -0.25) is 9.13 Å². The topological polar surface area (TPSA) is 61.9 Å². The number of nitrogens with zero attached hydrogens (tertiary/aromatic N) is 4. The van der Waals surface area contributed by atoms with Gasteiger partial charge in [0.2, 0.25) is 0 Å². The Labute approximate surface area is 134 Å². The summed E-state index contributed by atoms with van der Waals surface area (Å²) in [6, 6.07) is 0. The molecular formula is C15H22N4O2S. The monoisotopic (exact) mass is 322 g/mol. The summed E-state index contributed by atoms with van der Waals surface area (Å²) in [5, 5.41) is 0. The highest BCUT2D eigenvalue weighted by Crippen LogP contribution is 2.30. The van der Waals surface area contributed by atoms with Crippen molar-refractivity contribution >= 4 is 23.8 Å². The van der Waals surface area contributed by atoms with Crippen LogP contribution in [0.5, 0.6) is 0 Å². The predicted octanol–water partition coefficient (Wildman–Crippen LogP) is 2.08. The number of imidazole rings is 1. The van der Waals surface area contributed by atoms with Gasteiger partial charge >= 0.3 is 5.69 Å². The van der Waals surface area contributed by atoms with Crippen LogP contribution in [0.3, 0.4) is 0 Å². The Bertz CT molecular complexity index is 703. The molecule has 0 amide bonds. The molecule has 2 aromatic rings. The molecule has 0 spiro atoms. The Kier molecular flexibility index (Phi) is 4.83. The Balaban J connectivity index is 1.95. The van der Waals surface area contributed by atoms with Crippen molar-refractivity contribution in [3.63, 3.8) is 0 Å². The molecule has 0 radical (unpaired) electrons. The molecule has 1 aliphatic carbocycles. The van der Waals surface area contributed by atoms with Crippen LogP contribution in [0, 0.1) is 0 Å². The van der Waals surface area contributed by atoms with Crippen LogP contribution in [0.25, 0.3) is 11.2 Å². The summed E-state index contributed by atoms with van der Waals surface area (Å²) < 4.78 is 8.58. The van der Waals surface area contributed by atoms with Crippen LogP contribution in [-0.4, -0.2) is 31.5 Å². The maximum atomic E-state index is 12.3. The van der Waals surface area contributed by atoms with E-state index in [1.165, 1.54) is 19.3 Å². The maximum absolute atomic E-state index is 12.3. The maximum Gasteiger partial charge on any atom is 0.332 e. The first-order valence-corrected chi connectivity index (χ1v) is 8.46. The molecule has 0 bridgehead atoms. The summed E-state index contributed by atoms with van der Waals surface area (Å²) in [6.07, 6.45) is 7.83. The van der Waals surface area contributed by atoms with Crippen LogP contribution >= 0.6 is 12.6 Å². The van der Waals surface area contributed by atoms with E-state index in [0.717, 1.165) is 24.2 Å². The number of hydrogen-bond acceptors (Lipinski definition) is 5. The Morgan fingerprint density at radius 1 is 1.36 bits per heavy atom. The lowest BCUT2D eigenvalue weighted by molar-refractivity contribution is 0.0901. The lowest BCUT2D eigenvalue weighted by Gasteiger charge is -2.19. The molecule has 0 unspecified atom stereocenters. The average Bonchev–Trinajstić information content (AvgIpc) is 2.80. The zero-order valence-electron chi connectivity index (χ0n) is 12.9. The van der Waals surface area contributed by atoms with E-state index in [9.17, 15) is 4.79 Å². The van der Waals surface area contributed by atoms with Crippen molar-refractivity contribution < 1.29 is 4.74 Å². The molecule has 1 fully saturated rings. The number of aryl methyl sites for hydroxylation is 1. The van der Waals surface area contributed by atoms with E-state index >= 15 is 0 Å². The zero-order valence-corrected chi connectivity index (χ0v) is 13.8. The number of hydrogen-bond donors (Lipinski definition) is 1. The SMILES string of the molecule is Cn1c(=O)n(COCCS)c2cnc(C3CCCCC3)nc21. The molecule has 0 aliphatic heterocycles. The van der Waals surface area contributed by atoms with Gasteiger partial charge in [-0.2, -0.15) is 12.6 Å². The van der Waals surface area contributed by atoms with E-state index in [2.05, 4.69) is 22.6 Å². The van der Waals surface area contributed by atoms with Gasteiger partial charge in [0.15, 0.2) is 5.65 Å². The van der Waals surface area contributed by atoms with E-state index in [-0.39, 0.29) is 12.4 Å². The molecule has 2 aromatic heterocycles. The third-order valence-electron chi connectivity index (χ3n) is 4.32.